The van der Waals surface area contributed by atoms with E-state index in [4.69, 9.17) is 9.47 Å². The number of carbonyl (C=O) groups is 1. The van der Waals surface area contributed by atoms with Crippen molar-refractivity contribution in [3.63, 3.8) is 0 Å². The molecule has 4 nitrogen and oxygen atoms in total. The molecule has 0 radical (unpaired) electrons. The number of rotatable bonds is 2. The molecule has 0 N–H and O–H groups in total. The van der Waals surface area contributed by atoms with Gasteiger partial charge in [-0.15, -0.1) is 0 Å². The van der Waals surface area contributed by atoms with Crippen LogP contribution in [0.3, 0.4) is 0 Å². The first-order valence-electron chi connectivity index (χ1n) is 7.53. The molecule has 22 heavy (non-hydrogen) atoms. The molecule has 0 saturated carbocycles. The topological polar surface area (TPSA) is 48.4 Å². The Morgan fingerprint density at radius 3 is 2.82 bits per heavy atom. The largest absolute Gasteiger partial charge is 0.481 e. The molecule has 3 rings (SSSR count). The van der Waals surface area contributed by atoms with Gasteiger partial charge in [0.2, 0.25) is 5.88 Å². The van der Waals surface area contributed by atoms with Crippen molar-refractivity contribution in [2.75, 3.05) is 14.2 Å². The number of aromatic nitrogens is 1. The van der Waals surface area contributed by atoms with Gasteiger partial charge in [0.15, 0.2) is 0 Å². The molecule has 0 spiro atoms. The molecule has 4 heteroatoms. The zero-order valence-corrected chi connectivity index (χ0v) is 13.5. The van der Waals surface area contributed by atoms with Crippen molar-refractivity contribution in [3.05, 3.63) is 46.7 Å². The fraction of sp³-hybridized carbons (Fsp3) is 0.444. The number of methoxy groups -OCH3 is 2. The third-order valence-corrected chi connectivity index (χ3v) is 4.80. The lowest BCUT2D eigenvalue weighted by atomic mass is 9.58. The third kappa shape index (κ3) is 1.90. The molecule has 0 aromatic carbocycles. The van der Waals surface area contributed by atoms with Gasteiger partial charge in [0.1, 0.15) is 5.41 Å². The van der Waals surface area contributed by atoms with E-state index < -0.39 is 5.41 Å². The van der Waals surface area contributed by atoms with Gasteiger partial charge >= 0.3 is 5.97 Å². The van der Waals surface area contributed by atoms with Crippen LogP contribution in [0.1, 0.15) is 31.5 Å². The van der Waals surface area contributed by atoms with Crippen LogP contribution in [0.5, 0.6) is 5.88 Å². The summed E-state index contributed by atoms with van der Waals surface area (Å²) in [6.45, 7) is 4.08. The average Bonchev–Trinajstić information content (AvgIpc) is 2.52. The van der Waals surface area contributed by atoms with Gasteiger partial charge < -0.3 is 9.47 Å². The molecule has 1 aromatic heterocycles. The normalized spacial score (nSPS) is 27.9. The lowest BCUT2D eigenvalue weighted by Crippen LogP contribution is -2.47. The fourth-order valence-electron chi connectivity index (χ4n) is 4.03. The molecule has 2 aliphatic carbocycles. The van der Waals surface area contributed by atoms with E-state index >= 15 is 0 Å². The van der Waals surface area contributed by atoms with Crippen LogP contribution < -0.4 is 4.74 Å². The Bertz CT molecular complexity index is 690. The molecule has 2 aliphatic rings. The van der Waals surface area contributed by atoms with Crippen molar-refractivity contribution in [2.24, 2.45) is 5.92 Å². The molecule has 0 saturated heterocycles. The van der Waals surface area contributed by atoms with E-state index in [1.807, 2.05) is 19.1 Å². The van der Waals surface area contributed by atoms with Crippen molar-refractivity contribution in [1.29, 1.82) is 0 Å². The number of allylic oxidation sites excluding steroid dienone is 3. The van der Waals surface area contributed by atoms with Crippen molar-refractivity contribution in [1.82, 2.24) is 4.98 Å². The van der Waals surface area contributed by atoms with Crippen LogP contribution >= 0.6 is 0 Å². The number of carbonyl (C=O) groups excluding carboxylic acids is 1. The van der Waals surface area contributed by atoms with E-state index in [0.717, 1.165) is 23.3 Å². The van der Waals surface area contributed by atoms with E-state index in [1.165, 1.54) is 12.7 Å². The summed E-state index contributed by atoms with van der Waals surface area (Å²) < 4.78 is 10.4. The summed E-state index contributed by atoms with van der Waals surface area (Å²) in [7, 11) is 3.06. The monoisotopic (exact) mass is 299 g/mol. The Kier molecular flexibility index (Phi) is 3.55. The number of pyridine rings is 1. The molecule has 2 bridgehead atoms. The summed E-state index contributed by atoms with van der Waals surface area (Å²) >= 11 is 0. The summed E-state index contributed by atoms with van der Waals surface area (Å²) in [5.41, 5.74) is 3.51. The van der Waals surface area contributed by atoms with Crippen molar-refractivity contribution in [3.8, 4) is 5.88 Å². The maximum absolute atomic E-state index is 12.8. The highest BCUT2D eigenvalue weighted by Crippen LogP contribution is 2.52. The fourth-order valence-corrected chi connectivity index (χ4v) is 4.03. The van der Waals surface area contributed by atoms with Crippen molar-refractivity contribution in [2.45, 2.75) is 32.1 Å². The number of ether oxygens (including phenoxy) is 2. The highest BCUT2D eigenvalue weighted by Gasteiger charge is 2.53. The van der Waals surface area contributed by atoms with Gasteiger partial charge in [-0.1, -0.05) is 23.8 Å². The second-order valence-electron chi connectivity index (χ2n) is 5.99. The van der Waals surface area contributed by atoms with Gasteiger partial charge in [-0.3, -0.25) is 4.79 Å². The van der Waals surface area contributed by atoms with Crippen LogP contribution in [0.2, 0.25) is 0 Å². The zero-order chi connectivity index (χ0) is 15.9. The Hall–Kier alpha value is -2.10. The molecular formula is C18H21NO3. The average molecular weight is 299 g/mol. The standard InChI is InChI=1S/C18H21NO3/c1-5-13-12-8-11(2)10-18(13,17(20)22-4)14-6-7-16(21-3)19-15(14)9-12/h5-8,12H,9-10H2,1-4H3/t12-,18+/m0/s1. The SMILES string of the molecule is CC=C1[C@H]2C=C(C)C[C@]1(C(=O)OC)c1ccc(OC)nc1C2. The predicted octanol–water partition coefficient (Wildman–Crippen LogP) is 2.97. The van der Waals surface area contributed by atoms with E-state index in [1.54, 1.807) is 7.11 Å². The van der Waals surface area contributed by atoms with Crippen molar-refractivity contribution >= 4 is 5.97 Å². The molecule has 0 amide bonds. The van der Waals surface area contributed by atoms with Crippen LogP contribution in [0.25, 0.3) is 0 Å². The van der Waals surface area contributed by atoms with Crippen LogP contribution in [0.4, 0.5) is 0 Å². The zero-order valence-electron chi connectivity index (χ0n) is 13.5. The first-order valence-corrected chi connectivity index (χ1v) is 7.53. The second-order valence-corrected chi connectivity index (χ2v) is 5.99. The summed E-state index contributed by atoms with van der Waals surface area (Å²) in [6.07, 6.45) is 5.76. The lowest BCUT2D eigenvalue weighted by Gasteiger charge is -2.45. The van der Waals surface area contributed by atoms with E-state index in [0.29, 0.717) is 12.3 Å². The number of nitrogens with zero attached hydrogens (tertiary/aromatic N) is 1. The van der Waals surface area contributed by atoms with Gasteiger partial charge in [0.05, 0.1) is 19.9 Å². The Morgan fingerprint density at radius 2 is 2.18 bits per heavy atom. The smallest absolute Gasteiger partial charge is 0.320 e. The maximum atomic E-state index is 12.8. The highest BCUT2D eigenvalue weighted by atomic mass is 16.5. The molecule has 1 heterocycles. The van der Waals surface area contributed by atoms with Crippen LogP contribution in [0.15, 0.2) is 35.4 Å². The predicted molar refractivity (Wildman–Crippen MR) is 83.8 cm³/mol. The molecular weight excluding hydrogens is 278 g/mol. The minimum absolute atomic E-state index is 0.199. The molecule has 0 unspecified atom stereocenters. The minimum atomic E-state index is -0.736. The van der Waals surface area contributed by atoms with E-state index in [9.17, 15) is 4.79 Å². The van der Waals surface area contributed by atoms with Crippen molar-refractivity contribution < 1.29 is 14.3 Å². The summed E-state index contributed by atoms with van der Waals surface area (Å²) in [5.74, 6) is 0.581. The van der Waals surface area contributed by atoms with Crippen LogP contribution in [-0.2, 0) is 21.4 Å². The number of hydrogen-bond donors (Lipinski definition) is 0. The molecule has 116 valence electrons. The number of fused-ring (bicyclic) bond motifs is 4. The summed E-state index contributed by atoms with van der Waals surface area (Å²) in [5, 5.41) is 0. The van der Waals surface area contributed by atoms with Gasteiger partial charge in [-0.05, 0) is 31.4 Å². The Morgan fingerprint density at radius 1 is 1.41 bits per heavy atom. The first kappa shape index (κ1) is 14.8. The minimum Gasteiger partial charge on any atom is -0.481 e. The molecule has 1 aromatic rings. The van der Waals surface area contributed by atoms with E-state index in [2.05, 4.69) is 24.1 Å². The van der Waals surface area contributed by atoms with Gasteiger partial charge in [-0.2, -0.15) is 0 Å². The number of hydrogen-bond acceptors (Lipinski definition) is 4. The maximum Gasteiger partial charge on any atom is 0.320 e. The van der Waals surface area contributed by atoms with E-state index in [-0.39, 0.29) is 11.9 Å². The quantitative estimate of drug-likeness (QED) is 0.622. The van der Waals surface area contributed by atoms with Crippen LogP contribution in [-0.4, -0.2) is 25.2 Å². The van der Waals surface area contributed by atoms with Gasteiger partial charge in [0, 0.05) is 18.4 Å². The molecule has 0 fully saturated rings. The Balaban J connectivity index is 2.29. The highest BCUT2D eigenvalue weighted by molar-refractivity contribution is 5.89. The summed E-state index contributed by atoms with van der Waals surface area (Å²) in [6, 6.07) is 3.79. The Labute approximate surface area is 130 Å². The van der Waals surface area contributed by atoms with Gasteiger partial charge in [-0.25, -0.2) is 4.98 Å². The first-order chi connectivity index (χ1) is 10.6. The lowest BCUT2D eigenvalue weighted by molar-refractivity contribution is -0.146. The van der Waals surface area contributed by atoms with Crippen LogP contribution in [0, 0.1) is 5.92 Å². The summed E-state index contributed by atoms with van der Waals surface area (Å²) in [4.78, 5) is 17.4. The van der Waals surface area contributed by atoms with Gasteiger partial charge in [0.25, 0.3) is 0 Å². The molecule has 2 atom stereocenters. The third-order valence-electron chi connectivity index (χ3n) is 4.80. The number of esters is 1. The molecule has 0 aliphatic heterocycles. The second kappa shape index (κ2) is 5.27.